The Labute approximate surface area is 123 Å². The molecule has 6 nitrogen and oxygen atoms in total. The van der Waals surface area contributed by atoms with E-state index in [9.17, 15) is 14.9 Å². The van der Waals surface area contributed by atoms with Gasteiger partial charge in [0.15, 0.2) is 0 Å². The zero-order chi connectivity index (χ0) is 15.4. The van der Waals surface area contributed by atoms with Gasteiger partial charge < -0.3 is 11.1 Å². The Bertz CT molecular complexity index is 545. The van der Waals surface area contributed by atoms with Gasteiger partial charge in [-0.15, -0.1) is 0 Å². The molecule has 1 saturated carbocycles. The molecular weight excluding hydrogens is 270 g/mol. The molecule has 1 aliphatic rings. The number of amides is 1. The monoisotopic (exact) mass is 291 g/mol. The van der Waals surface area contributed by atoms with E-state index >= 15 is 0 Å². The average Bonchev–Trinajstić information content (AvgIpc) is 2.44. The van der Waals surface area contributed by atoms with E-state index in [4.69, 9.17) is 5.73 Å². The molecule has 21 heavy (non-hydrogen) atoms. The Morgan fingerprint density at radius 1 is 1.48 bits per heavy atom. The number of hydrogen-bond acceptors (Lipinski definition) is 4. The van der Waals surface area contributed by atoms with Gasteiger partial charge in [0.1, 0.15) is 5.69 Å². The summed E-state index contributed by atoms with van der Waals surface area (Å²) >= 11 is 0. The lowest BCUT2D eigenvalue weighted by Crippen LogP contribution is -2.31. The van der Waals surface area contributed by atoms with Crippen LogP contribution < -0.4 is 11.1 Å². The number of carbonyl (C=O) groups excluding carboxylic acids is 1. The van der Waals surface area contributed by atoms with Crippen molar-refractivity contribution >= 4 is 17.3 Å². The highest BCUT2D eigenvalue weighted by Crippen LogP contribution is 2.28. The summed E-state index contributed by atoms with van der Waals surface area (Å²) in [5, 5.41) is 13.6. The number of benzene rings is 1. The Kier molecular flexibility index (Phi) is 4.77. The average molecular weight is 291 g/mol. The van der Waals surface area contributed by atoms with Crippen LogP contribution in [-0.2, 0) is 0 Å². The number of nitro groups is 1. The van der Waals surface area contributed by atoms with Crippen LogP contribution >= 0.6 is 0 Å². The van der Waals surface area contributed by atoms with Gasteiger partial charge in [-0.1, -0.05) is 19.8 Å². The summed E-state index contributed by atoms with van der Waals surface area (Å²) in [5.41, 5.74) is 5.80. The molecule has 2 rings (SSSR count). The summed E-state index contributed by atoms with van der Waals surface area (Å²) < 4.78 is 0. The fraction of sp³-hybridized carbons (Fsp3) is 0.533. The normalized spacial score (nSPS) is 21.8. The second kappa shape index (κ2) is 6.56. The number of carbonyl (C=O) groups is 1. The van der Waals surface area contributed by atoms with Crippen LogP contribution in [0.4, 0.5) is 11.4 Å². The maximum Gasteiger partial charge on any atom is 0.292 e. The summed E-state index contributed by atoms with van der Waals surface area (Å²) in [7, 11) is 0. The Morgan fingerprint density at radius 3 is 2.86 bits per heavy atom. The molecule has 0 aromatic heterocycles. The van der Waals surface area contributed by atoms with Gasteiger partial charge in [-0.25, -0.2) is 0 Å². The van der Waals surface area contributed by atoms with E-state index in [1.54, 1.807) is 0 Å². The molecule has 1 aliphatic carbocycles. The van der Waals surface area contributed by atoms with Crippen LogP contribution in [0.3, 0.4) is 0 Å². The first-order chi connectivity index (χ1) is 9.97. The molecule has 2 atom stereocenters. The number of nitrogens with zero attached hydrogens (tertiary/aromatic N) is 1. The van der Waals surface area contributed by atoms with Crippen LogP contribution in [0, 0.1) is 22.0 Å². The first-order valence-corrected chi connectivity index (χ1v) is 7.29. The van der Waals surface area contributed by atoms with Gasteiger partial charge in [0, 0.05) is 18.2 Å². The van der Waals surface area contributed by atoms with Gasteiger partial charge in [0.2, 0.25) is 0 Å². The smallest absolute Gasteiger partial charge is 0.292 e. The molecule has 0 radical (unpaired) electrons. The van der Waals surface area contributed by atoms with Gasteiger partial charge in [-0.2, -0.15) is 0 Å². The maximum atomic E-state index is 12.1. The Hall–Kier alpha value is -2.11. The van der Waals surface area contributed by atoms with Gasteiger partial charge in [0.05, 0.1) is 4.92 Å². The molecule has 0 bridgehead atoms. The zero-order valence-electron chi connectivity index (χ0n) is 12.2. The predicted octanol–water partition coefficient (Wildman–Crippen LogP) is 2.73. The molecular formula is C15H21N3O3. The number of nitrogens with two attached hydrogens (primary N) is 1. The number of nitro benzene ring substituents is 1. The van der Waals surface area contributed by atoms with Crippen molar-refractivity contribution in [2.75, 3.05) is 12.3 Å². The quantitative estimate of drug-likeness (QED) is 0.506. The van der Waals surface area contributed by atoms with Crippen LogP contribution in [0.1, 0.15) is 43.0 Å². The van der Waals surface area contributed by atoms with Gasteiger partial charge in [-0.3, -0.25) is 14.9 Å². The third kappa shape index (κ3) is 3.93. The van der Waals surface area contributed by atoms with E-state index in [1.165, 1.54) is 31.0 Å². The van der Waals surface area contributed by atoms with Crippen molar-refractivity contribution in [3.05, 3.63) is 33.9 Å². The molecule has 0 heterocycles. The number of nitrogen functional groups attached to an aromatic ring is 1. The largest absolute Gasteiger partial charge is 0.393 e. The lowest BCUT2D eigenvalue weighted by Gasteiger charge is -2.26. The lowest BCUT2D eigenvalue weighted by atomic mass is 9.82. The van der Waals surface area contributed by atoms with E-state index < -0.39 is 4.92 Å². The third-order valence-corrected chi connectivity index (χ3v) is 4.08. The Morgan fingerprint density at radius 2 is 2.24 bits per heavy atom. The third-order valence-electron chi connectivity index (χ3n) is 4.08. The minimum absolute atomic E-state index is 0.0129. The minimum atomic E-state index is -0.555. The van der Waals surface area contributed by atoms with Crippen molar-refractivity contribution in [2.45, 2.75) is 32.6 Å². The van der Waals surface area contributed by atoms with Gasteiger partial charge in [0.25, 0.3) is 11.6 Å². The molecule has 0 aliphatic heterocycles. The predicted molar refractivity (Wildman–Crippen MR) is 81.0 cm³/mol. The number of rotatable bonds is 4. The van der Waals surface area contributed by atoms with Crippen molar-refractivity contribution in [1.82, 2.24) is 5.32 Å². The maximum absolute atomic E-state index is 12.1. The van der Waals surface area contributed by atoms with Gasteiger partial charge in [-0.05, 0) is 36.8 Å². The Balaban J connectivity index is 1.94. The molecule has 0 spiro atoms. The summed E-state index contributed by atoms with van der Waals surface area (Å²) in [6.45, 7) is 2.89. The molecule has 114 valence electrons. The highest BCUT2D eigenvalue weighted by Gasteiger charge is 2.20. The van der Waals surface area contributed by atoms with Crippen molar-refractivity contribution < 1.29 is 9.72 Å². The molecule has 1 aromatic rings. The van der Waals surface area contributed by atoms with E-state index in [-0.39, 0.29) is 17.3 Å². The van der Waals surface area contributed by atoms with Crippen molar-refractivity contribution in [3.63, 3.8) is 0 Å². The van der Waals surface area contributed by atoms with E-state index in [0.29, 0.717) is 18.0 Å². The van der Waals surface area contributed by atoms with Crippen LogP contribution in [0.25, 0.3) is 0 Å². The second-order valence-electron chi connectivity index (χ2n) is 5.88. The fourth-order valence-corrected chi connectivity index (χ4v) is 2.95. The standard InChI is InChI=1S/C15H21N3O3/c1-10-3-2-4-11(7-10)9-17-15(19)12-5-6-14(18(20)21)13(16)8-12/h5-6,8,10-11H,2-4,7,9,16H2,1H3,(H,17,19). The molecule has 1 amide bonds. The first kappa shape index (κ1) is 15.3. The molecule has 3 N–H and O–H groups in total. The summed E-state index contributed by atoms with van der Waals surface area (Å²) in [5.74, 6) is 1.01. The summed E-state index contributed by atoms with van der Waals surface area (Å²) in [6, 6.07) is 4.07. The fourth-order valence-electron chi connectivity index (χ4n) is 2.95. The summed E-state index contributed by atoms with van der Waals surface area (Å²) in [4.78, 5) is 22.2. The topological polar surface area (TPSA) is 98.3 Å². The van der Waals surface area contributed by atoms with Crippen LogP contribution in [0.2, 0.25) is 0 Å². The number of nitrogens with one attached hydrogen (secondary N) is 1. The first-order valence-electron chi connectivity index (χ1n) is 7.29. The van der Waals surface area contributed by atoms with Crippen LogP contribution in [0.15, 0.2) is 18.2 Å². The molecule has 2 unspecified atom stereocenters. The van der Waals surface area contributed by atoms with Crippen molar-refractivity contribution in [2.24, 2.45) is 11.8 Å². The highest BCUT2D eigenvalue weighted by molar-refractivity contribution is 5.95. The SMILES string of the molecule is CC1CCCC(CNC(=O)c2ccc([N+](=O)[O-])c(N)c2)C1. The lowest BCUT2D eigenvalue weighted by molar-refractivity contribution is -0.383. The van der Waals surface area contributed by atoms with E-state index in [2.05, 4.69) is 12.2 Å². The van der Waals surface area contributed by atoms with Crippen LogP contribution in [0.5, 0.6) is 0 Å². The molecule has 1 aromatic carbocycles. The van der Waals surface area contributed by atoms with Crippen molar-refractivity contribution in [3.8, 4) is 0 Å². The van der Waals surface area contributed by atoms with Crippen molar-refractivity contribution in [1.29, 1.82) is 0 Å². The molecule has 6 heteroatoms. The molecule has 0 saturated heterocycles. The van der Waals surface area contributed by atoms with Gasteiger partial charge >= 0.3 is 0 Å². The number of hydrogen-bond donors (Lipinski definition) is 2. The minimum Gasteiger partial charge on any atom is -0.393 e. The highest BCUT2D eigenvalue weighted by atomic mass is 16.6. The van der Waals surface area contributed by atoms with E-state index in [1.807, 2.05) is 0 Å². The number of anilines is 1. The molecule has 1 fully saturated rings. The zero-order valence-corrected chi connectivity index (χ0v) is 12.2. The van der Waals surface area contributed by atoms with Crippen LogP contribution in [-0.4, -0.2) is 17.4 Å². The second-order valence-corrected chi connectivity index (χ2v) is 5.88. The van der Waals surface area contributed by atoms with E-state index in [0.717, 1.165) is 18.8 Å². The summed E-state index contributed by atoms with van der Waals surface area (Å²) in [6.07, 6.45) is 4.77.